The fourth-order valence-corrected chi connectivity index (χ4v) is 7.56. The van der Waals surface area contributed by atoms with Crippen LogP contribution in [0.25, 0.3) is 10.9 Å². The van der Waals surface area contributed by atoms with E-state index in [9.17, 15) is 8.42 Å². The van der Waals surface area contributed by atoms with Crippen LogP contribution in [0.4, 0.5) is 11.8 Å². The van der Waals surface area contributed by atoms with Crippen molar-refractivity contribution < 1.29 is 8.42 Å². The van der Waals surface area contributed by atoms with E-state index >= 15 is 0 Å². The highest BCUT2D eigenvalue weighted by molar-refractivity contribution is 7.89. The average Bonchev–Trinajstić information content (AvgIpc) is 3.05. The van der Waals surface area contributed by atoms with Crippen molar-refractivity contribution in [2.75, 3.05) is 36.8 Å². The zero-order chi connectivity index (χ0) is 30.4. The van der Waals surface area contributed by atoms with Crippen LogP contribution in [0.2, 0.25) is 0 Å². The standard InChI is InChI=1S/C35H44N6O2S/c1-26-11-17-31(18-12-26)44(42,43)37-24-28-15-13-27(14-16-28)23-36-35-39-33-10-6-5-9-32(33)34(40-35)38-30-19-21-41(22-20-30)25-29-7-3-2-4-8-29/h2-12,17-18,27-28,30,37H,13-16,19-25H2,1H3,(H2,36,38,39,40). The van der Waals surface area contributed by atoms with Crippen molar-refractivity contribution in [2.45, 2.75) is 62.9 Å². The third kappa shape index (κ3) is 7.94. The van der Waals surface area contributed by atoms with Gasteiger partial charge in [0.15, 0.2) is 0 Å². The molecule has 1 aliphatic carbocycles. The maximum atomic E-state index is 12.7. The maximum Gasteiger partial charge on any atom is 0.240 e. The van der Waals surface area contributed by atoms with Crippen LogP contribution in [0.15, 0.2) is 83.8 Å². The monoisotopic (exact) mass is 612 g/mol. The summed E-state index contributed by atoms with van der Waals surface area (Å²) in [7, 11) is -3.47. The molecule has 0 bridgehead atoms. The van der Waals surface area contributed by atoms with Crippen molar-refractivity contribution in [1.29, 1.82) is 0 Å². The second-order valence-corrected chi connectivity index (χ2v) is 14.3. The van der Waals surface area contributed by atoms with Gasteiger partial charge in [-0.2, -0.15) is 4.98 Å². The highest BCUT2D eigenvalue weighted by Crippen LogP contribution is 2.30. The van der Waals surface area contributed by atoms with Gasteiger partial charge < -0.3 is 10.6 Å². The molecule has 9 heteroatoms. The van der Waals surface area contributed by atoms with Gasteiger partial charge in [0.2, 0.25) is 16.0 Å². The molecule has 4 aromatic rings. The Balaban J connectivity index is 0.995. The first-order chi connectivity index (χ1) is 21.4. The first-order valence-corrected chi connectivity index (χ1v) is 17.5. The molecular formula is C35H44N6O2S. The predicted octanol–water partition coefficient (Wildman–Crippen LogP) is 6.21. The molecule has 1 aliphatic heterocycles. The van der Waals surface area contributed by atoms with Crippen molar-refractivity contribution in [2.24, 2.45) is 11.8 Å². The van der Waals surface area contributed by atoms with Gasteiger partial charge in [0.05, 0.1) is 10.4 Å². The molecule has 0 spiro atoms. The number of hydrogen-bond donors (Lipinski definition) is 3. The first kappa shape index (κ1) is 30.5. The lowest BCUT2D eigenvalue weighted by atomic mass is 9.82. The number of aromatic nitrogens is 2. The summed E-state index contributed by atoms with van der Waals surface area (Å²) in [5.74, 6) is 2.45. The van der Waals surface area contributed by atoms with Gasteiger partial charge in [0, 0.05) is 44.2 Å². The number of rotatable bonds is 11. The zero-order valence-corrected chi connectivity index (χ0v) is 26.4. The molecule has 2 heterocycles. The largest absolute Gasteiger partial charge is 0.367 e. The van der Waals surface area contributed by atoms with E-state index in [0.29, 0.717) is 35.3 Å². The Morgan fingerprint density at radius 1 is 0.773 bits per heavy atom. The summed E-state index contributed by atoms with van der Waals surface area (Å²) in [5, 5.41) is 8.35. The summed E-state index contributed by atoms with van der Waals surface area (Å²) in [5.41, 5.74) is 3.36. The van der Waals surface area contributed by atoms with Crippen LogP contribution in [-0.4, -0.2) is 55.5 Å². The minimum absolute atomic E-state index is 0.332. The Bertz CT molecular complexity index is 1610. The van der Waals surface area contributed by atoms with Gasteiger partial charge >= 0.3 is 0 Å². The first-order valence-electron chi connectivity index (χ1n) is 16.0. The molecule has 0 radical (unpaired) electrons. The molecular weight excluding hydrogens is 568 g/mol. The third-order valence-corrected chi connectivity index (χ3v) is 10.6. The van der Waals surface area contributed by atoms with Gasteiger partial charge in [-0.15, -0.1) is 0 Å². The number of fused-ring (bicyclic) bond motifs is 1. The summed E-state index contributed by atoms with van der Waals surface area (Å²) in [6.45, 7) is 6.40. The van der Waals surface area contributed by atoms with Crippen molar-refractivity contribution in [3.8, 4) is 0 Å². The van der Waals surface area contributed by atoms with Crippen LogP contribution in [-0.2, 0) is 16.6 Å². The highest BCUT2D eigenvalue weighted by Gasteiger charge is 2.24. The average molecular weight is 613 g/mol. The number of anilines is 2. The minimum atomic E-state index is -3.47. The fourth-order valence-electron chi connectivity index (χ4n) is 6.44. The van der Waals surface area contributed by atoms with Gasteiger partial charge in [-0.1, -0.05) is 60.2 Å². The number of nitrogens with one attached hydrogen (secondary N) is 3. The third-order valence-electron chi connectivity index (χ3n) is 9.19. The minimum Gasteiger partial charge on any atom is -0.367 e. The number of para-hydroxylation sites is 1. The number of likely N-dealkylation sites (tertiary alicyclic amines) is 1. The van der Waals surface area contributed by atoms with Crippen LogP contribution >= 0.6 is 0 Å². The van der Waals surface area contributed by atoms with E-state index in [1.54, 1.807) is 12.1 Å². The number of aryl methyl sites for hydroxylation is 1. The molecule has 1 aromatic heterocycles. The van der Waals surface area contributed by atoms with Crippen LogP contribution in [0, 0.1) is 18.8 Å². The molecule has 6 rings (SSSR count). The molecule has 0 amide bonds. The molecule has 2 fully saturated rings. The number of piperidine rings is 1. The van der Waals surface area contributed by atoms with Crippen molar-refractivity contribution >= 4 is 32.7 Å². The van der Waals surface area contributed by atoms with Gasteiger partial charge in [0.25, 0.3) is 0 Å². The Morgan fingerprint density at radius 3 is 2.16 bits per heavy atom. The van der Waals surface area contributed by atoms with E-state index in [0.717, 1.165) is 87.0 Å². The fraction of sp³-hybridized carbons (Fsp3) is 0.429. The van der Waals surface area contributed by atoms with Crippen LogP contribution in [0.5, 0.6) is 0 Å². The van der Waals surface area contributed by atoms with E-state index in [1.165, 1.54) is 5.56 Å². The number of nitrogens with zero attached hydrogens (tertiary/aromatic N) is 3. The lowest BCUT2D eigenvalue weighted by molar-refractivity contribution is 0.211. The molecule has 3 aromatic carbocycles. The lowest BCUT2D eigenvalue weighted by Crippen LogP contribution is -2.38. The summed E-state index contributed by atoms with van der Waals surface area (Å²) in [4.78, 5) is 12.6. The summed E-state index contributed by atoms with van der Waals surface area (Å²) < 4.78 is 28.2. The number of sulfonamides is 1. The predicted molar refractivity (Wildman–Crippen MR) is 178 cm³/mol. The number of hydrogen-bond acceptors (Lipinski definition) is 7. The Hall–Kier alpha value is -3.53. The maximum absolute atomic E-state index is 12.7. The molecule has 1 saturated carbocycles. The van der Waals surface area contributed by atoms with E-state index < -0.39 is 10.0 Å². The van der Waals surface area contributed by atoms with Crippen molar-refractivity contribution in [3.05, 3.63) is 90.0 Å². The second-order valence-electron chi connectivity index (χ2n) is 12.5. The van der Waals surface area contributed by atoms with E-state index in [4.69, 9.17) is 9.97 Å². The van der Waals surface area contributed by atoms with Gasteiger partial charge in [-0.25, -0.2) is 18.1 Å². The Labute approximate surface area is 261 Å². The van der Waals surface area contributed by atoms with Gasteiger partial charge in [-0.05, 0) is 87.1 Å². The van der Waals surface area contributed by atoms with E-state index in [2.05, 4.69) is 62.7 Å². The normalized spacial score (nSPS) is 20.0. The second kappa shape index (κ2) is 14.1. The molecule has 0 atom stereocenters. The lowest BCUT2D eigenvalue weighted by Gasteiger charge is -2.33. The quantitative estimate of drug-likeness (QED) is 0.185. The summed E-state index contributed by atoms with van der Waals surface area (Å²) in [6.07, 6.45) is 6.30. The van der Waals surface area contributed by atoms with Gasteiger partial charge in [0.1, 0.15) is 5.82 Å². The molecule has 0 unspecified atom stereocenters. The SMILES string of the molecule is Cc1ccc(S(=O)(=O)NCC2CCC(CNc3nc(NC4CCN(Cc5ccccc5)CC4)c4ccccc4n3)CC2)cc1. The molecule has 1 saturated heterocycles. The van der Waals surface area contributed by atoms with Crippen LogP contribution in [0.1, 0.15) is 49.7 Å². The van der Waals surface area contributed by atoms with Gasteiger partial charge in [-0.3, -0.25) is 4.90 Å². The van der Waals surface area contributed by atoms with E-state index in [1.807, 2.05) is 31.2 Å². The smallest absolute Gasteiger partial charge is 0.240 e. The summed E-state index contributed by atoms with van der Waals surface area (Å²) in [6, 6.07) is 26.3. The Morgan fingerprint density at radius 2 is 1.43 bits per heavy atom. The van der Waals surface area contributed by atoms with Crippen LogP contribution < -0.4 is 15.4 Å². The van der Waals surface area contributed by atoms with E-state index in [-0.39, 0.29) is 0 Å². The van der Waals surface area contributed by atoms with Crippen molar-refractivity contribution in [3.63, 3.8) is 0 Å². The summed E-state index contributed by atoms with van der Waals surface area (Å²) >= 11 is 0. The molecule has 44 heavy (non-hydrogen) atoms. The molecule has 2 aliphatic rings. The zero-order valence-electron chi connectivity index (χ0n) is 25.6. The Kier molecular flexibility index (Phi) is 9.74. The topological polar surface area (TPSA) is 99.2 Å². The highest BCUT2D eigenvalue weighted by atomic mass is 32.2. The molecule has 8 nitrogen and oxygen atoms in total. The number of benzene rings is 3. The van der Waals surface area contributed by atoms with Crippen molar-refractivity contribution in [1.82, 2.24) is 19.6 Å². The molecule has 232 valence electrons. The van der Waals surface area contributed by atoms with Crippen LogP contribution in [0.3, 0.4) is 0 Å². The molecule has 3 N–H and O–H groups in total.